The van der Waals surface area contributed by atoms with Crippen molar-refractivity contribution in [2.75, 3.05) is 0 Å². The summed E-state index contributed by atoms with van der Waals surface area (Å²) in [5, 5.41) is 0.526. The zero-order valence-corrected chi connectivity index (χ0v) is 7.17. The fraction of sp³-hybridized carbons (Fsp3) is 0.375. The Labute approximate surface area is 71.4 Å². The molecule has 0 radical (unpaired) electrons. The molecule has 0 aliphatic heterocycles. The van der Waals surface area contributed by atoms with Crippen molar-refractivity contribution in [1.82, 2.24) is 4.98 Å². The van der Waals surface area contributed by atoms with Gasteiger partial charge in [-0.15, -0.1) is 0 Å². The fourth-order valence-electron chi connectivity index (χ4n) is 0.899. The van der Waals surface area contributed by atoms with Crippen molar-refractivity contribution < 1.29 is 0 Å². The minimum atomic E-state index is 0.179. The van der Waals surface area contributed by atoms with Crippen LogP contribution in [-0.4, -0.2) is 11.0 Å². The largest absolute Gasteiger partial charge is 0.328 e. The highest BCUT2D eigenvalue weighted by Crippen LogP contribution is 2.06. The minimum absolute atomic E-state index is 0.179. The maximum absolute atomic E-state index is 5.61. The normalized spacial score (nSPS) is 13.0. The van der Waals surface area contributed by atoms with E-state index < -0.39 is 0 Å². The van der Waals surface area contributed by atoms with Gasteiger partial charge in [-0.1, -0.05) is 17.7 Å². The standard InChI is InChI=1S/C8H11ClN2/c1-6(10)4-7-2-3-8(9)11-5-7/h2-3,5-6H,4,10H2,1H3/t6-/m0/s1. The Morgan fingerprint density at radius 2 is 2.36 bits per heavy atom. The number of pyridine rings is 1. The second-order valence-electron chi connectivity index (χ2n) is 2.67. The van der Waals surface area contributed by atoms with E-state index in [1.54, 1.807) is 12.3 Å². The van der Waals surface area contributed by atoms with E-state index in [0.717, 1.165) is 12.0 Å². The van der Waals surface area contributed by atoms with Crippen LogP contribution in [-0.2, 0) is 6.42 Å². The lowest BCUT2D eigenvalue weighted by molar-refractivity contribution is 0.736. The van der Waals surface area contributed by atoms with Crippen LogP contribution in [0.1, 0.15) is 12.5 Å². The molecular formula is C8H11ClN2. The van der Waals surface area contributed by atoms with E-state index in [1.165, 1.54) is 0 Å². The molecule has 0 aliphatic rings. The summed E-state index contributed by atoms with van der Waals surface area (Å²) in [5.74, 6) is 0. The van der Waals surface area contributed by atoms with E-state index in [1.807, 2.05) is 13.0 Å². The molecule has 1 atom stereocenters. The second kappa shape index (κ2) is 3.69. The van der Waals surface area contributed by atoms with E-state index in [-0.39, 0.29) is 6.04 Å². The van der Waals surface area contributed by atoms with Gasteiger partial charge >= 0.3 is 0 Å². The molecule has 0 saturated heterocycles. The van der Waals surface area contributed by atoms with Crippen molar-refractivity contribution in [2.24, 2.45) is 5.73 Å². The van der Waals surface area contributed by atoms with E-state index in [0.29, 0.717) is 5.15 Å². The van der Waals surface area contributed by atoms with Crippen LogP contribution in [0.15, 0.2) is 18.3 Å². The van der Waals surface area contributed by atoms with Crippen molar-refractivity contribution in [3.05, 3.63) is 29.0 Å². The zero-order chi connectivity index (χ0) is 8.27. The molecule has 0 aliphatic carbocycles. The van der Waals surface area contributed by atoms with Crippen molar-refractivity contribution in [1.29, 1.82) is 0 Å². The third-order valence-corrected chi connectivity index (χ3v) is 1.57. The zero-order valence-electron chi connectivity index (χ0n) is 6.42. The summed E-state index contributed by atoms with van der Waals surface area (Å²) in [5.41, 5.74) is 6.73. The van der Waals surface area contributed by atoms with Crippen molar-refractivity contribution in [3.8, 4) is 0 Å². The second-order valence-corrected chi connectivity index (χ2v) is 3.06. The van der Waals surface area contributed by atoms with E-state index >= 15 is 0 Å². The lowest BCUT2D eigenvalue weighted by atomic mass is 10.1. The van der Waals surface area contributed by atoms with Gasteiger partial charge in [0.1, 0.15) is 5.15 Å². The Hall–Kier alpha value is -0.600. The molecule has 0 amide bonds. The molecule has 0 aromatic carbocycles. The summed E-state index contributed by atoms with van der Waals surface area (Å²) >= 11 is 5.61. The number of hydrogen-bond donors (Lipinski definition) is 1. The van der Waals surface area contributed by atoms with Crippen LogP contribution in [0.3, 0.4) is 0 Å². The van der Waals surface area contributed by atoms with Gasteiger partial charge in [0.05, 0.1) is 0 Å². The molecule has 1 rings (SSSR count). The topological polar surface area (TPSA) is 38.9 Å². The van der Waals surface area contributed by atoms with Crippen LogP contribution in [0.2, 0.25) is 5.15 Å². The number of halogens is 1. The number of nitrogens with zero attached hydrogens (tertiary/aromatic N) is 1. The van der Waals surface area contributed by atoms with Crippen LogP contribution >= 0.6 is 11.6 Å². The Balaban J connectivity index is 2.66. The molecular weight excluding hydrogens is 160 g/mol. The van der Waals surface area contributed by atoms with Gasteiger partial charge in [0.15, 0.2) is 0 Å². The summed E-state index contributed by atoms with van der Waals surface area (Å²) in [6.45, 7) is 1.97. The molecule has 60 valence electrons. The molecule has 2 N–H and O–H groups in total. The van der Waals surface area contributed by atoms with Crippen LogP contribution in [0.4, 0.5) is 0 Å². The highest BCUT2D eigenvalue weighted by Gasteiger charge is 1.97. The third kappa shape index (κ3) is 2.87. The predicted molar refractivity (Wildman–Crippen MR) is 46.6 cm³/mol. The summed E-state index contributed by atoms with van der Waals surface area (Å²) in [4.78, 5) is 3.94. The highest BCUT2D eigenvalue weighted by molar-refractivity contribution is 6.29. The van der Waals surface area contributed by atoms with Gasteiger partial charge in [0.25, 0.3) is 0 Å². The molecule has 0 spiro atoms. The lowest BCUT2D eigenvalue weighted by Gasteiger charge is -2.03. The SMILES string of the molecule is C[C@H](N)Cc1ccc(Cl)nc1. The van der Waals surface area contributed by atoms with Gasteiger partial charge in [-0.3, -0.25) is 0 Å². The fourth-order valence-corrected chi connectivity index (χ4v) is 1.01. The summed E-state index contributed by atoms with van der Waals surface area (Å²) < 4.78 is 0. The quantitative estimate of drug-likeness (QED) is 0.686. The summed E-state index contributed by atoms with van der Waals surface area (Å²) in [6, 6.07) is 3.90. The van der Waals surface area contributed by atoms with Crippen molar-refractivity contribution in [3.63, 3.8) is 0 Å². The number of rotatable bonds is 2. The lowest BCUT2D eigenvalue weighted by Crippen LogP contribution is -2.17. The van der Waals surface area contributed by atoms with Gasteiger partial charge in [0.2, 0.25) is 0 Å². The first-order valence-corrected chi connectivity index (χ1v) is 3.92. The van der Waals surface area contributed by atoms with Crippen LogP contribution < -0.4 is 5.73 Å². The molecule has 1 aromatic heterocycles. The smallest absolute Gasteiger partial charge is 0.129 e. The molecule has 0 unspecified atom stereocenters. The molecule has 1 aromatic rings. The number of aromatic nitrogens is 1. The maximum atomic E-state index is 5.61. The van der Waals surface area contributed by atoms with Gasteiger partial charge in [-0.25, -0.2) is 4.98 Å². The van der Waals surface area contributed by atoms with E-state index in [9.17, 15) is 0 Å². The third-order valence-electron chi connectivity index (χ3n) is 1.35. The number of hydrogen-bond acceptors (Lipinski definition) is 2. The summed E-state index contributed by atoms with van der Waals surface area (Å²) in [6.07, 6.45) is 2.61. The molecule has 3 heteroatoms. The average molecular weight is 171 g/mol. The monoisotopic (exact) mass is 170 g/mol. The average Bonchev–Trinajstić information content (AvgIpc) is 1.93. The molecule has 0 saturated carbocycles. The summed E-state index contributed by atoms with van der Waals surface area (Å²) in [7, 11) is 0. The van der Waals surface area contributed by atoms with E-state index in [4.69, 9.17) is 17.3 Å². The molecule has 1 heterocycles. The van der Waals surface area contributed by atoms with Crippen molar-refractivity contribution in [2.45, 2.75) is 19.4 Å². The van der Waals surface area contributed by atoms with Gasteiger partial charge in [0, 0.05) is 12.2 Å². The highest BCUT2D eigenvalue weighted by atomic mass is 35.5. The maximum Gasteiger partial charge on any atom is 0.129 e. The molecule has 2 nitrogen and oxygen atoms in total. The van der Waals surface area contributed by atoms with Crippen LogP contribution in [0, 0.1) is 0 Å². The van der Waals surface area contributed by atoms with Crippen LogP contribution in [0.5, 0.6) is 0 Å². The Morgan fingerprint density at radius 1 is 1.64 bits per heavy atom. The first-order valence-electron chi connectivity index (χ1n) is 3.54. The first kappa shape index (κ1) is 8.50. The molecule has 11 heavy (non-hydrogen) atoms. The van der Waals surface area contributed by atoms with Crippen molar-refractivity contribution >= 4 is 11.6 Å². The van der Waals surface area contributed by atoms with E-state index in [2.05, 4.69) is 4.98 Å². The predicted octanol–water partition coefficient (Wildman–Crippen LogP) is 1.62. The number of nitrogens with two attached hydrogens (primary N) is 1. The first-order chi connectivity index (χ1) is 5.18. The van der Waals surface area contributed by atoms with Crippen LogP contribution in [0.25, 0.3) is 0 Å². The van der Waals surface area contributed by atoms with Gasteiger partial charge < -0.3 is 5.73 Å². The molecule has 0 fully saturated rings. The van der Waals surface area contributed by atoms with Gasteiger partial charge in [-0.2, -0.15) is 0 Å². The minimum Gasteiger partial charge on any atom is -0.328 e. The van der Waals surface area contributed by atoms with Gasteiger partial charge in [-0.05, 0) is 25.0 Å². The molecule has 0 bridgehead atoms. The Bertz CT molecular complexity index is 218. The Kier molecular flexibility index (Phi) is 2.85. The Morgan fingerprint density at radius 3 is 2.82 bits per heavy atom.